The second kappa shape index (κ2) is 9.92. The number of benzene rings is 2. The molecule has 2 heterocycles. The summed E-state index contributed by atoms with van der Waals surface area (Å²) >= 11 is 0. The number of hydrogen-bond acceptors (Lipinski definition) is 5. The van der Waals surface area contributed by atoms with Crippen LogP contribution in [0.1, 0.15) is 38.7 Å². The molecule has 0 saturated carbocycles. The Bertz CT molecular complexity index is 917. The molecule has 2 saturated heterocycles. The van der Waals surface area contributed by atoms with Crippen LogP contribution in [-0.4, -0.2) is 55.9 Å². The Kier molecular flexibility index (Phi) is 7.01. The Morgan fingerprint density at radius 3 is 2.62 bits per heavy atom. The molecule has 32 heavy (non-hydrogen) atoms. The maximum atomic E-state index is 13.7. The number of carbonyl (C=O) groups excluding carboxylic acids is 1. The van der Waals surface area contributed by atoms with Gasteiger partial charge in [-0.3, -0.25) is 9.69 Å². The van der Waals surface area contributed by atoms with Gasteiger partial charge in [-0.2, -0.15) is 0 Å². The zero-order valence-corrected chi connectivity index (χ0v) is 19.4. The average Bonchev–Trinajstić information content (AvgIpc) is 2.94. The number of methoxy groups -OCH3 is 1. The highest BCUT2D eigenvalue weighted by molar-refractivity contribution is 6.00. The van der Waals surface area contributed by atoms with E-state index in [4.69, 9.17) is 14.2 Å². The number of ether oxygens (including phenoxy) is 3. The highest BCUT2D eigenvalue weighted by atomic mass is 16.5. The number of hydrogen-bond donors (Lipinski definition) is 0. The van der Waals surface area contributed by atoms with Crippen molar-refractivity contribution in [3.8, 4) is 11.5 Å². The van der Waals surface area contributed by atoms with Gasteiger partial charge in [0.25, 0.3) is 5.91 Å². The Labute approximate surface area is 191 Å². The summed E-state index contributed by atoms with van der Waals surface area (Å²) in [4.78, 5) is 17.9. The van der Waals surface area contributed by atoms with Crippen molar-refractivity contribution < 1.29 is 19.0 Å². The molecule has 0 aromatic heterocycles. The Morgan fingerprint density at radius 1 is 1.06 bits per heavy atom. The SMILES string of the molecule is COc1cc(CN2CCOC3(CCCCN(c4ccccc4)C3=O)C2)ccc1OC(C)C. The van der Waals surface area contributed by atoms with E-state index in [1.807, 2.05) is 61.2 Å². The van der Waals surface area contributed by atoms with Gasteiger partial charge in [-0.05, 0) is 62.9 Å². The van der Waals surface area contributed by atoms with E-state index in [0.29, 0.717) is 13.2 Å². The molecule has 1 spiro atoms. The summed E-state index contributed by atoms with van der Waals surface area (Å²) in [6.45, 7) is 7.44. The molecule has 1 unspecified atom stereocenters. The summed E-state index contributed by atoms with van der Waals surface area (Å²) in [7, 11) is 1.67. The predicted molar refractivity (Wildman–Crippen MR) is 125 cm³/mol. The lowest BCUT2D eigenvalue weighted by molar-refractivity contribution is -0.158. The first-order valence-corrected chi connectivity index (χ1v) is 11.6. The maximum absolute atomic E-state index is 13.7. The standard InChI is InChI=1S/C26H34N2O4/c1-20(2)32-23-12-11-21(17-24(23)30-3)18-27-15-16-31-26(19-27)13-7-8-14-28(25(26)29)22-9-5-4-6-10-22/h4-6,9-12,17,20H,7-8,13-16,18-19H2,1-3H3. The largest absolute Gasteiger partial charge is 0.493 e. The van der Waals surface area contributed by atoms with E-state index in [9.17, 15) is 4.79 Å². The molecule has 2 aliphatic heterocycles. The van der Waals surface area contributed by atoms with Gasteiger partial charge in [0.2, 0.25) is 0 Å². The number of anilines is 1. The van der Waals surface area contributed by atoms with Crippen LogP contribution < -0.4 is 14.4 Å². The number of para-hydroxylation sites is 1. The lowest BCUT2D eigenvalue weighted by Crippen LogP contribution is -2.59. The molecular formula is C26H34N2O4. The van der Waals surface area contributed by atoms with Gasteiger partial charge in [0, 0.05) is 31.9 Å². The molecule has 2 aliphatic rings. The molecule has 172 valence electrons. The van der Waals surface area contributed by atoms with Gasteiger partial charge in [0.1, 0.15) is 0 Å². The minimum absolute atomic E-state index is 0.0858. The van der Waals surface area contributed by atoms with Crippen LogP contribution in [0.2, 0.25) is 0 Å². The average molecular weight is 439 g/mol. The third-order valence-corrected chi connectivity index (χ3v) is 6.18. The fourth-order valence-corrected chi connectivity index (χ4v) is 4.68. The first-order valence-electron chi connectivity index (χ1n) is 11.6. The fourth-order valence-electron chi connectivity index (χ4n) is 4.68. The van der Waals surface area contributed by atoms with E-state index in [2.05, 4.69) is 11.0 Å². The summed E-state index contributed by atoms with van der Waals surface area (Å²) in [6.07, 6.45) is 2.82. The number of morpholine rings is 1. The quantitative estimate of drug-likeness (QED) is 0.674. The zero-order valence-electron chi connectivity index (χ0n) is 19.4. The molecule has 2 aromatic carbocycles. The zero-order chi connectivity index (χ0) is 22.6. The van der Waals surface area contributed by atoms with Crippen molar-refractivity contribution in [2.24, 2.45) is 0 Å². The first kappa shape index (κ1) is 22.6. The molecule has 0 radical (unpaired) electrons. The molecule has 2 fully saturated rings. The molecular weight excluding hydrogens is 404 g/mol. The van der Waals surface area contributed by atoms with Gasteiger partial charge in [0.05, 0.1) is 19.8 Å². The number of rotatable bonds is 6. The topological polar surface area (TPSA) is 51.2 Å². The molecule has 0 aliphatic carbocycles. The van der Waals surface area contributed by atoms with E-state index < -0.39 is 5.60 Å². The fraction of sp³-hybridized carbons (Fsp3) is 0.500. The lowest BCUT2D eigenvalue weighted by atomic mass is 9.93. The van der Waals surface area contributed by atoms with Crippen molar-refractivity contribution in [3.05, 3.63) is 54.1 Å². The monoisotopic (exact) mass is 438 g/mol. The molecule has 2 aromatic rings. The van der Waals surface area contributed by atoms with Crippen LogP contribution in [0.5, 0.6) is 11.5 Å². The van der Waals surface area contributed by atoms with E-state index in [1.165, 1.54) is 0 Å². The summed E-state index contributed by atoms with van der Waals surface area (Å²) in [5, 5.41) is 0. The number of amides is 1. The van der Waals surface area contributed by atoms with Crippen molar-refractivity contribution in [1.29, 1.82) is 0 Å². The summed E-state index contributed by atoms with van der Waals surface area (Å²) in [5.41, 5.74) is 1.30. The summed E-state index contributed by atoms with van der Waals surface area (Å²) < 4.78 is 17.6. The molecule has 4 rings (SSSR count). The maximum Gasteiger partial charge on any atom is 0.260 e. The van der Waals surface area contributed by atoms with Crippen LogP contribution in [0.3, 0.4) is 0 Å². The van der Waals surface area contributed by atoms with Crippen LogP contribution in [0.15, 0.2) is 48.5 Å². The normalized spacial score (nSPS) is 22.2. The second-order valence-corrected chi connectivity index (χ2v) is 8.95. The molecule has 0 bridgehead atoms. The van der Waals surface area contributed by atoms with Crippen LogP contribution in [-0.2, 0) is 16.1 Å². The van der Waals surface area contributed by atoms with E-state index >= 15 is 0 Å². The Hall–Kier alpha value is -2.57. The van der Waals surface area contributed by atoms with E-state index in [1.54, 1.807) is 7.11 Å². The highest BCUT2D eigenvalue weighted by Gasteiger charge is 2.47. The van der Waals surface area contributed by atoms with Gasteiger partial charge in [-0.1, -0.05) is 24.3 Å². The summed E-state index contributed by atoms with van der Waals surface area (Å²) in [5.74, 6) is 1.58. The number of nitrogens with zero attached hydrogens (tertiary/aromatic N) is 2. The Balaban J connectivity index is 1.51. The lowest BCUT2D eigenvalue weighted by Gasteiger charge is -2.42. The van der Waals surface area contributed by atoms with Crippen LogP contribution >= 0.6 is 0 Å². The van der Waals surface area contributed by atoms with Crippen LogP contribution in [0.25, 0.3) is 0 Å². The predicted octanol–water partition coefficient (Wildman–Crippen LogP) is 4.27. The molecule has 0 N–H and O–H groups in total. The van der Waals surface area contributed by atoms with Crippen LogP contribution in [0, 0.1) is 0 Å². The van der Waals surface area contributed by atoms with Crippen molar-refractivity contribution >= 4 is 11.6 Å². The molecule has 6 nitrogen and oxygen atoms in total. The van der Waals surface area contributed by atoms with Crippen LogP contribution in [0.4, 0.5) is 5.69 Å². The van der Waals surface area contributed by atoms with Gasteiger partial charge in [-0.15, -0.1) is 0 Å². The smallest absolute Gasteiger partial charge is 0.260 e. The van der Waals surface area contributed by atoms with Gasteiger partial charge >= 0.3 is 0 Å². The van der Waals surface area contributed by atoms with Gasteiger partial charge in [0.15, 0.2) is 17.1 Å². The van der Waals surface area contributed by atoms with Gasteiger partial charge < -0.3 is 19.1 Å². The van der Waals surface area contributed by atoms with Crippen molar-refractivity contribution in [2.45, 2.75) is 51.4 Å². The van der Waals surface area contributed by atoms with Gasteiger partial charge in [-0.25, -0.2) is 0 Å². The minimum Gasteiger partial charge on any atom is -0.493 e. The summed E-state index contributed by atoms with van der Waals surface area (Å²) in [6, 6.07) is 16.0. The van der Waals surface area contributed by atoms with Crippen molar-refractivity contribution in [2.75, 3.05) is 38.3 Å². The van der Waals surface area contributed by atoms with Crippen molar-refractivity contribution in [1.82, 2.24) is 4.90 Å². The first-order chi connectivity index (χ1) is 15.5. The molecule has 1 atom stereocenters. The highest BCUT2D eigenvalue weighted by Crippen LogP contribution is 2.34. The second-order valence-electron chi connectivity index (χ2n) is 8.95. The Morgan fingerprint density at radius 2 is 1.88 bits per heavy atom. The van der Waals surface area contributed by atoms with E-state index in [-0.39, 0.29) is 12.0 Å². The number of carbonyl (C=O) groups is 1. The minimum atomic E-state index is -0.782. The molecule has 6 heteroatoms. The third kappa shape index (κ3) is 4.92. The molecule has 1 amide bonds. The van der Waals surface area contributed by atoms with Crippen molar-refractivity contribution in [3.63, 3.8) is 0 Å². The third-order valence-electron chi connectivity index (χ3n) is 6.18. The van der Waals surface area contributed by atoms with E-state index in [0.717, 1.165) is 61.6 Å².